The molecule has 2 nitrogen and oxygen atoms in total. The van der Waals surface area contributed by atoms with Gasteiger partial charge in [0.15, 0.2) is 0 Å². The third-order valence-corrected chi connectivity index (χ3v) is 6.50. The maximum Gasteiger partial charge on any atom is 0.0626 e. The zero-order chi connectivity index (χ0) is 24.3. The normalized spacial score (nSPS) is 11.4. The summed E-state index contributed by atoms with van der Waals surface area (Å²) in [7, 11) is 0. The van der Waals surface area contributed by atoms with Crippen LogP contribution in [0.4, 0.5) is 22.7 Å². The highest BCUT2D eigenvalue weighted by Crippen LogP contribution is 2.40. The maximum atomic E-state index is 4.06. The number of hydrogen-bond acceptors (Lipinski definition) is 2. The maximum absolute atomic E-state index is 4.06. The Hall–Kier alpha value is -3.00. The van der Waals surface area contributed by atoms with Gasteiger partial charge in [-0.1, -0.05) is 90.6 Å². The van der Waals surface area contributed by atoms with Crippen LogP contribution >= 0.6 is 0 Å². The monoisotopic (exact) mass is 440 g/mol. The molecule has 3 aromatic carbocycles. The standard InChI is InChI=1S/C31H40N2/c1-10-24-13-11-14-25(19(2)3)30(24)32-28-17-22(8)23(9)18-29(28)33-31-26(20(4)5)15-12-16-27(31)21(6)7/h10-21,32-33H,1H2,2-9H3. The summed E-state index contributed by atoms with van der Waals surface area (Å²) in [5, 5.41) is 7.65. The second-order valence-corrected chi connectivity index (χ2v) is 10.0. The van der Waals surface area contributed by atoms with Crippen molar-refractivity contribution in [3.05, 3.63) is 88.5 Å². The van der Waals surface area contributed by atoms with Crippen molar-refractivity contribution in [3.8, 4) is 0 Å². The Bertz CT molecular complexity index is 1110. The van der Waals surface area contributed by atoms with Gasteiger partial charge in [0, 0.05) is 11.4 Å². The molecule has 3 aromatic rings. The van der Waals surface area contributed by atoms with E-state index < -0.39 is 0 Å². The molecule has 2 N–H and O–H groups in total. The second kappa shape index (κ2) is 10.3. The lowest BCUT2D eigenvalue weighted by atomic mass is 9.92. The van der Waals surface area contributed by atoms with E-state index in [1.54, 1.807) is 0 Å². The van der Waals surface area contributed by atoms with Crippen LogP contribution in [0.3, 0.4) is 0 Å². The van der Waals surface area contributed by atoms with Gasteiger partial charge < -0.3 is 10.6 Å². The SMILES string of the molecule is C=Cc1cccc(C(C)C)c1Nc1cc(C)c(C)cc1Nc1c(C(C)C)cccc1C(C)C. The van der Waals surface area contributed by atoms with Gasteiger partial charge in [0.05, 0.1) is 11.4 Å². The predicted molar refractivity (Wildman–Crippen MR) is 148 cm³/mol. The van der Waals surface area contributed by atoms with Crippen LogP contribution in [0.1, 0.15) is 92.7 Å². The number of nitrogens with one attached hydrogen (secondary N) is 2. The number of rotatable bonds is 8. The first-order valence-corrected chi connectivity index (χ1v) is 12.2. The van der Waals surface area contributed by atoms with Crippen LogP contribution in [0.15, 0.2) is 55.1 Å². The van der Waals surface area contributed by atoms with E-state index in [0.29, 0.717) is 17.8 Å². The molecule has 0 saturated heterocycles. The predicted octanol–water partition coefficient (Wildman–Crippen LogP) is 9.80. The summed E-state index contributed by atoms with van der Waals surface area (Å²) in [6.07, 6.45) is 1.94. The van der Waals surface area contributed by atoms with Gasteiger partial charge in [-0.15, -0.1) is 0 Å². The van der Waals surface area contributed by atoms with E-state index in [1.165, 1.54) is 33.5 Å². The molecule has 0 unspecified atom stereocenters. The van der Waals surface area contributed by atoms with Crippen LogP contribution in [0.25, 0.3) is 6.08 Å². The largest absolute Gasteiger partial charge is 0.353 e. The van der Waals surface area contributed by atoms with Gasteiger partial charge in [-0.25, -0.2) is 0 Å². The van der Waals surface area contributed by atoms with E-state index in [-0.39, 0.29) is 0 Å². The average molecular weight is 441 g/mol. The van der Waals surface area contributed by atoms with E-state index in [0.717, 1.165) is 22.6 Å². The van der Waals surface area contributed by atoms with Crippen molar-refractivity contribution in [2.24, 2.45) is 0 Å². The molecule has 0 aliphatic carbocycles. The fourth-order valence-electron chi connectivity index (χ4n) is 4.37. The fourth-order valence-corrected chi connectivity index (χ4v) is 4.37. The average Bonchev–Trinajstić information content (AvgIpc) is 2.76. The molecule has 0 aliphatic rings. The van der Waals surface area contributed by atoms with E-state index in [1.807, 2.05) is 6.08 Å². The van der Waals surface area contributed by atoms with E-state index >= 15 is 0 Å². The summed E-state index contributed by atoms with van der Waals surface area (Å²) in [4.78, 5) is 0. The Labute approximate surface area is 201 Å². The van der Waals surface area contributed by atoms with E-state index in [4.69, 9.17) is 0 Å². The molecule has 0 fully saturated rings. The molecule has 2 heteroatoms. The number of hydrogen-bond donors (Lipinski definition) is 2. The molecule has 0 heterocycles. The van der Waals surface area contributed by atoms with Gasteiger partial charge in [0.2, 0.25) is 0 Å². The molecule has 0 aliphatic heterocycles. The third kappa shape index (κ3) is 5.33. The molecule has 3 rings (SSSR count). The molecule has 0 amide bonds. The van der Waals surface area contributed by atoms with Crippen LogP contribution < -0.4 is 10.6 Å². The summed E-state index contributed by atoms with van der Waals surface area (Å²) >= 11 is 0. The van der Waals surface area contributed by atoms with Crippen molar-refractivity contribution in [3.63, 3.8) is 0 Å². The minimum atomic E-state index is 0.407. The van der Waals surface area contributed by atoms with E-state index in [2.05, 4.69) is 121 Å². The van der Waals surface area contributed by atoms with Crippen molar-refractivity contribution in [1.29, 1.82) is 0 Å². The number of para-hydroxylation sites is 2. The van der Waals surface area contributed by atoms with Gasteiger partial charge in [-0.05, 0) is 77.1 Å². The van der Waals surface area contributed by atoms with Crippen molar-refractivity contribution in [2.45, 2.75) is 73.1 Å². The van der Waals surface area contributed by atoms with Crippen LogP contribution in [0, 0.1) is 13.8 Å². The van der Waals surface area contributed by atoms with Crippen molar-refractivity contribution >= 4 is 28.8 Å². The first-order valence-electron chi connectivity index (χ1n) is 12.2. The third-order valence-electron chi connectivity index (χ3n) is 6.50. The highest BCUT2D eigenvalue weighted by molar-refractivity contribution is 5.85. The lowest BCUT2D eigenvalue weighted by Crippen LogP contribution is -2.07. The highest BCUT2D eigenvalue weighted by atomic mass is 15.0. The second-order valence-electron chi connectivity index (χ2n) is 10.0. The van der Waals surface area contributed by atoms with Crippen LogP contribution in [0.5, 0.6) is 0 Å². The number of aryl methyl sites for hydroxylation is 2. The van der Waals surface area contributed by atoms with Gasteiger partial charge >= 0.3 is 0 Å². The molecule has 0 saturated carbocycles. The van der Waals surface area contributed by atoms with Gasteiger partial charge in [0.1, 0.15) is 0 Å². The van der Waals surface area contributed by atoms with Gasteiger partial charge in [-0.2, -0.15) is 0 Å². The summed E-state index contributed by atoms with van der Waals surface area (Å²) in [5.41, 5.74) is 12.2. The Balaban J connectivity index is 2.18. The molecular weight excluding hydrogens is 400 g/mol. The molecule has 174 valence electrons. The zero-order valence-corrected chi connectivity index (χ0v) is 21.6. The van der Waals surface area contributed by atoms with Crippen molar-refractivity contribution in [1.82, 2.24) is 0 Å². The zero-order valence-electron chi connectivity index (χ0n) is 21.6. The van der Waals surface area contributed by atoms with Gasteiger partial charge in [0.25, 0.3) is 0 Å². The Morgan fingerprint density at radius 1 is 0.636 bits per heavy atom. The number of anilines is 4. The van der Waals surface area contributed by atoms with E-state index in [9.17, 15) is 0 Å². The summed E-state index contributed by atoms with van der Waals surface area (Å²) in [5.74, 6) is 1.27. The van der Waals surface area contributed by atoms with Crippen LogP contribution in [0.2, 0.25) is 0 Å². The lowest BCUT2D eigenvalue weighted by molar-refractivity contribution is 0.838. The first-order chi connectivity index (χ1) is 15.6. The molecule has 0 bridgehead atoms. The summed E-state index contributed by atoms with van der Waals surface area (Å²) < 4.78 is 0. The Morgan fingerprint density at radius 2 is 1.03 bits per heavy atom. The molecular formula is C31H40N2. The van der Waals surface area contributed by atoms with Gasteiger partial charge in [-0.3, -0.25) is 0 Å². The Kier molecular flexibility index (Phi) is 7.68. The molecule has 0 atom stereocenters. The highest BCUT2D eigenvalue weighted by Gasteiger charge is 2.17. The van der Waals surface area contributed by atoms with Crippen LogP contribution in [-0.4, -0.2) is 0 Å². The fraction of sp³-hybridized carbons (Fsp3) is 0.355. The topological polar surface area (TPSA) is 24.1 Å². The quantitative estimate of drug-likeness (QED) is 0.364. The molecule has 0 aromatic heterocycles. The van der Waals surface area contributed by atoms with Crippen molar-refractivity contribution in [2.75, 3.05) is 10.6 Å². The number of benzene rings is 3. The summed E-state index contributed by atoms with van der Waals surface area (Å²) in [6.45, 7) is 21.9. The molecule has 0 radical (unpaired) electrons. The minimum absolute atomic E-state index is 0.407. The molecule has 33 heavy (non-hydrogen) atoms. The lowest BCUT2D eigenvalue weighted by Gasteiger charge is -2.24. The summed E-state index contributed by atoms with van der Waals surface area (Å²) in [6, 6.07) is 17.7. The molecule has 0 spiro atoms. The van der Waals surface area contributed by atoms with Crippen LogP contribution in [-0.2, 0) is 0 Å². The first kappa shape index (κ1) is 24.6. The smallest absolute Gasteiger partial charge is 0.0626 e. The van der Waals surface area contributed by atoms with Crippen molar-refractivity contribution < 1.29 is 0 Å². The Morgan fingerprint density at radius 3 is 1.45 bits per heavy atom. The minimum Gasteiger partial charge on any atom is -0.353 e.